The van der Waals surface area contributed by atoms with E-state index in [0.29, 0.717) is 12.1 Å². The van der Waals surface area contributed by atoms with Gasteiger partial charge in [-0.2, -0.15) is 0 Å². The molecule has 2 rings (SSSR count). The summed E-state index contributed by atoms with van der Waals surface area (Å²) < 4.78 is 0. The Balaban J connectivity index is 1.91. The van der Waals surface area contributed by atoms with Gasteiger partial charge in [0.1, 0.15) is 0 Å². The van der Waals surface area contributed by atoms with Crippen molar-refractivity contribution in [1.82, 2.24) is 15.1 Å². The molecule has 2 unspecified atom stereocenters. The van der Waals surface area contributed by atoms with Crippen molar-refractivity contribution < 1.29 is 0 Å². The van der Waals surface area contributed by atoms with Crippen molar-refractivity contribution in [3.63, 3.8) is 0 Å². The first-order valence-corrected chi connectivity index (χ1v) is 7.84. The first-order valence-electron chi connectivity index (χ1n) is 7.84. The fraction of sp³-hybridized carbons (Fsp3) is 0.647. The highest BCUT2D eigenvalue weighted by Crippen LogP contribution is 2.23. The van der Waals surface area contributed by atoms with E-state index in [4.69, 9.17) is 0 Å². The molecule has 1 fully saturated rings. The Morgan fingerprint density at radius 2 is 1.95 bits per heavy atom. The highest BCUT2D eigenvalue weighted by Gasteiger charge is 2.26. The molecule has 2 atom stereocenters. The maximum Gasteiger partial charge on any atom is 0.0473 e. The minimum atomic E-state index is 0.534. The fourth-order valence-corrected chi connectivity index (χ4v) is 2.98. The lowest BCUT2D eigenvalue weighted by Crippen LogP contribution is -2.51. The van der Waals surface area contributed by atoms with Gasteiger partial charge in [-0.15, -0.1) is 0 Å². The van der Waals surface area contributed by atoms with E-state index in [1.807, 2.05) is 0 Å². The molecule has 0 spiro atoms. The van der Waals surface area contributed by atoms with Gasteiger partial charge < -0.3 is 10.2 Å². The van der Waals surface area contributed by atoms with Crippen molar-refractivity contribution in [1.29, 1.82) is 0 Å². The van der Waals surface area contributed by atoms with Crippen LogP contribution in [0.4, 0.5) is 0 Å². The van der Waals surface area contributed by atoms with Gasteiger partial charge in [-0.1, -0.05) is 30.3 Å². The third-order valence-electron chi connectivity index (χ3n) is 4.09. The molecule has 0 radical (unpaired) electrons. The van der Waals surface area contributed by atoms with Gasteiger partial charge in [0.2, 0.25) is 0 Å². The molecule has 1 heterocycles. The molecule has 1 aromatic rings. The number of hydrogen-bond donors (Lipinski definition) is 1. The van der Waals surface area contributed by atoms with Crippen LogP contribution in [0.5, 0.6) is 0 Å². The van der Waals surface area contributed by atoms with E-state index in [1.165, 1.54) is 31.5 Å². The van der Waals surface area contributed by atoms with Crippen LogP contribution < -0.4 is 5.32 Å². The summed E-state index contributed by atoms with van der Waals surface area (Å²) in [6, 6.07) is 12.1. The van der Waals surface area contributed by atoms with Gasteiger partial charge in [0.25, 0.3) is 0 Å². The molecule has 1 aromatic carbocycles. The van der Waals surface area contributed by atoms with Gasteiger partial charge >= 0.3 is 0 Å². The standard InChI is InChI=1S/C17H29N3/c1-15-14-20(12-8-7-11-19(2)3)17(13-18-15)16-9-5-4-6-10-16/h4-6,9-10,15,17-18H,7-8,11-14H2,1-3H3. The van der Waals surface area contributed by atoms with Crippen LogP contribution in [0.2, 0.25) is 0 Å². The summed E-state index contributed by atoms with van der Waals surface area (Å²) in [7, 11) is 4.30. The van der Waals surface area contributed by atoms with Gasteiger partial charge in [0.15, 0.2) is 0 Å². The highest BCUT2D eigenvalue weighted by molar-refractivity contribution is 5.20. The van der Waals surface area contributed by atoms with Crippen molar-refractivity contribution in [2.24, 2.45) is 0 Å². The Hall–Kier alpha value is -0.900. The SMILES string of the molecule is CC1CN(CCCCN(C)C)C(c2ccccc2)CN1. The normalized spacial score (nSPS) is 24.2. The smallest absolute Gasteiger partial charge is 0.0473 e. The van der Waals surface area contributed by atoms with E-state index < -0.39 is 0 Å². The molecular formula is C17H29N3. The van der Waals surface area contributed by atoms with Crippen LogP contribution in [0.25, 0.3) is 0 Å². The quantitative estimate of drug-likeness (QED) is 0.804. The summed E-state index contributed by atoms with van der Waals surface area (Å²) in [5.74, 6) is 0. The molecule has 3 heteroatoms. The Kier molecular flexibility index (Phi) is 6.02. The van der Waals surface area contributed by atoms with Gasteiger partial charge in [-0.05, 0) is 52.5 Å². The van der Waals surface area contributed by atoms with Crippen LogP contribution in [0.15, 0.2) is 30.3 Å². The van der Waals surface area contributed by atoms with Gasteiger partial charge in [-0.3, -0.25) is 4.90 Å². The zero-order valence-electron chi connectivity index (χ0n) is 13.2. The first-order chi connectivity index (χ1) is 9.66. The van der Waals surface area contributed by atoms with E-state index in [2.05, 4.69) is 66.5 Å². The Morgan fingerprint density at radius 3 is 2.65 bits per heavy atom. The number of nitrogens with one attached hydrogen (secondary N) is 1. The second kappa shape index (κ2) is 7.77. The maximum atomic E-state index is 3.62. The van der Waals surface area contributed by atoms with Crippen molar-refractivity contribution in [2.45, 2.75) is 31.8 Å². The third kappa shape index (κ3) is 4.58. The predicted octanol–water partition coefficient (Wildman–Crippen LogP) is 2.36. The number of rotatable bonds is 6. The maximum absolute atomic E-state index is 3.62. The monoisotopic (exact) mass is 275 g/mol. The van der Waals surface area contributed by atoms with Gasteiger partial charge in [0, 0.05) is 25.2 Å². The Morgan fingerprint density at radius 1 is 1.20 bits per heavy atom. The van der Waals surface area contributed by atoms with Gasteiger partial charge in [0.05, 0.1) is 0 Å². The number of hydrogen-bond acceptors (Lipinski definition) is 3. The van der Waals surface area contributed by atoms with E-state index in [-0.39, 0.29) is 0 Å². The van der Waals surface area contributed by atoms with Crippen LogP contribution in [0, 0.1) is 0 Å². The highest BCUT2D eigenvalue weighted by atomic mass is 15.2. The summed E-state index contributed by atoms with van der Waals surface area (Å²) in [5.41, 5.74) is 1.44. The molecule has 112 valence electrons. The van der Waals surface area contributed by atoms with Crippen molar-refractivity contribution in [2.75, 3.05) is 40.3 Å². The molecule has 1 aliphatic heterocycles. The van der Waals surface area contributed by atoms with Crippen LogP contribution >= 0.6 is 0 Å². The topological polar surface area (TPSA) is 18.5 Å². The molecule has 0 saturated carbocycles. The number of piperazine rings is 1. The molecule has 0 amide bonds. The second-order valence-electron chi connectivity index (χ2n) is 6.24. The zero-order chi connectivity index (χ0) is 14.4. The summed E-state index contributed by atoms with van der Waals surface area (Å²) >= 11 is 0. The Bertz CT molecular complexity index is 377. The molecule has 20 heavy (non-hydrogen) atoms. The Labute approximate surface area is 124 Å². The summed E-state index contributed by atoms with van der Waals surface area (Å²) in [6.45, 7) is 6.91. The van der Waals surface area contributed by atoms with E-state index >= 15 is 0 Å². The summed E-state index contributed by atoms with van der Waals surface area (Å²) in [4.78, 5) is 4.93. The lowest BCUT2D eigenvalue weighted by atomic mass is 10.0. The van der Waals surface area contributed by atoms with Crippen LogP contribution in [0.3, 0.4) is 0 Å². The number of unbranched alkanes of at least 4 members (excludes halogenated alkanes) is 1. The van der Waals surface area contributed by atoms with E-state index in [9.17, 15) is 0 Å². The molecule has 1 N–H and O–H groups in total. The summed E-state index contributed by atoms with van der Waals surface area (Å²) in [5, 5.41) is 3.62. The summed E-state index contributed by atoms with van der Waals surface area (Å²) in [6.07, 6.45) is 2.57. The number of benzene rings is 1. The lowest BCUT2D eigenvalue weighted by Gasteiger charge is -2.39. The molecule has 1 aliphatic rings. The molecular weight excluding hydrogens is 246 g/mol. The fourth-order valence-electron chi connectivity index (χ4n) is 2.98. The molecule has 0 aromatic heterocycles. The largest absolute Gasteiger partial charge is 0.311 e. The average molecular weight is 275 g/mol. The zero-order valence-corrected chi connectivity index (χ0v) is 13.2. The minimum absolute atomic E-state index is 0.534. The molecule has 0 aliphatic carbocycles. The van der Waals surface area contributed by atoms with Crippen molar-refractivity contribution in [3.05, 3.63) is 35.9 Å². The minimum Gasteiger partial charge on any atom is -0.311 e. The van der Waals surface area contributed by atoms with Crippen molar-refractivity contribution >= 4 is 0 Å². The second-order valence-corrected chi connectivity index (χ2v) is 6.24. The van der Waals surface area contributed by atoms with Crippen LogP contribution in [-0.4, -0.2) is 56.1 Å². The molecule has 1 saturated heterocycles. The first kappa shape index (κ1) is 15.5. The lowest BCUT2D eigenvalue weighted by molar-refractivity contribution is 0.132. The number of nitrogens with zero attached hydrogens (tertiary/aromatic N) is 2. The molecule has 0 bridgehead atoms. The average Bonchev–Trinajstić information content (AvgIpc) is 2.44. The van der Waals surface area contributed by atoms with E-state index in [1.54, 1.807) is 0 Å². The van der Waals surface area contributed by atoms with Crippen LogP contribution in [0.1, 0.15) is 31.4 Å². The van der Waals surface area contributed by atoms with Crippen LogP contribution in [-0.2, 0) is 0 Å². The van der Waals surface area contributed by atoms with Crippen molar-refractivity contribution in [3.8, 4) is 0 Å². The molecule has 3 nitrogen and oxygen atoms in total. The van der Waals surface area contributed by atoms with Gasteiger partial charge in [-0.25, -0.2) is 0 Å². The van der Waals surface area contributed by atoms with E-state index in [0.717, 1.165) is 13.1 Å². The third-order valence-corrected chi connectivity index (χ3v) is 4.09. The predicted molar refractivity (Wildman–Crippen MR) is 86.0 cm³/mol.